The van der Waals surface area contributed by atoms with Gasteiger partial charge in [-0.15, -0.1) is 0 Å². The Kier molecular flexibility index (Phi) is 5.69. The highest BCUT2D eigenvalue weighted by Gasteiger charge is 2.31. The van der Waals surface area contributed by atoms with E-state index in [1.54, 1.807) is 49.6 Å². The van der Waals surface area contributed by atoms with E-state index in [2.05, 4.69) is 26.3 Å². The molecule has 0 radical (unpaired) electrons. The molecule has 2 aromatic rings. The number of benzene rings is 1. The van der Waals surface area contributed by atoms with Gasteiger partial charge in [0.15, 0.2) is 0 Å². The smallest absolute Gasteiger partial charge is 0.319 e. The summed E-state index contributed by atoms with van der Waals surface area (Å²) in [6, 6.07) is 9.68. The summed E-state index contributed by atoms with van der Waals surface area (Å²) in [6.45, 7) is 3.44. The third-order valence-corrected chi connectivity index (χ3v) is 4.25. The Morgan fingerprint density at radius 2 is 1.93 bits per heavy atom. The fraction of sp³-hybridized carbons (Fsp3) is 0.200. The van der Waals surface area contributed by atoms with E-state index < -0.39 is 6.04 Å². The van der Waals surface area contributed by atoms with Gasteiger partial charge in [0.25, 0.3) is 5.91 Å². The zero-order valence-electron chi connectivity index (χ0n) is 15.6. The molecule has 0 aliphatic carbocycles. The lowest BCUT2D eigenvalue weighted by molar-refractivity contribution is -0.118. The Balaban J connectivity index is 1.81. The van der Waals surface area contributed by atoms with Gasteiger partial charge in [-0.25, -0.2) is 4.79 Å². The van der Waals surface area contributed by atoms with Crippen molar-refractivity contribution >= 4 is 23.5 Å². The number of carbonyl (C=O) groups is 3. The second-order valence-electron chi connectivity index (χ2n) is 6.42. The van der Waals surface area contributed by atoms with Crippen LogP contribution in [0.25, 0.3) is 0 Å². The maximum absolute atomic E-state index is 12.8. The highest BCUT2D eigenvalue weighted by atomic mass is 16.2. The molecule has 1 aromatic heterocycles. The molecule has 1 aromatic carbocycles. The van der Waals surface area contributed by atoms with E-state index >= 15 is 0 Å². The van der Waals surface area contributed by atoms with Crippen LogP contribution in [0.2, 0.25) is 0 Å². The van der Waals surface area contributed by atoms with E-state index in [0.29, 0.717) is 23.5 Å². The molecule has 144 valence electrons. The van der Waals surface area contributed by atoms with Crippen LogP contribution in [0.1, 0.15) is 31.0 Å². The maximum atomic E-state index is 12.8. The third-order valence-electron chi connectivity index (χ3n) is 4.25. The summed E-state index contributed by atoms with van der Waals surface area (Å²) in [4.78, 5) is 40.0. The molecular formula is C20H21N5O3. The van der Waals surface area contributed by atoms with E-state index in [1.165, 1.54) is 6.92 Å². The topological polar surface area (TPSA) is 112 Å². The van der Waals surface area contributed by atoms with Crippen LogP contribution in [-0.4, -0.2) is 22.8 Å². The standard InChI is InChI=1S/C20H21N5O3/c1-12-17(19(27)22-11-14-4-3-9-21-10-14)18(25-20(28)23-12)15-5-7-16(8-6-15)24-13(2)26/h3-10,18H,11H2,1-2H3,(H,22,27)(H,24,26)(H2,23,25,28)/t18-/m1/s1. The van der Waals surface area contributed by atoms with Crippen LogP contribution in [-0.2, 0) is 16.1 Å². The van der Waals surface area contributed by atoms with Crippen LogP contribution < -0.4 is 21.3 Å². The Morgan fingerprint density at radius 1 is 1.18 bits per heavy atom. The number of rotatable bonds is 5. The number of nitrogens with one attached hydrogen (secondary N) is 4. The lowest BCUT2D eigenvalue weighted by Gasteiger charge is -2.28. The molecule has 1 atom stereocenters. The molecule has 1 aliphatic rings. The average Bonchev–Trinajstić information content (AvgIpc) is 2.66. The lowest BCUT2D eigenvalue weighted by atomic mass is 9.94. The number of aromatic nitrogens is 1. The second kappa shape index (κ2) is 8.34. The van der Waals surface area contributed by atoms with Crippen molar-refractivity contribution in [1.82, 2.24) is 20.9 Å². The van der Waals surface area contributed by atoms with Crippen LogP contribution in [0.5, 0.6) is 0 Å². The highest BCUT2D eigenvalue weighted by Crippen LogP contribution is 2.27. The van der Waals surface area contributed by atoms with Gasteiger partial charge < -0.3 is 21.3 Å². The van der Waals surface area contributed by atoms with Gasteiger partial charge >= 0.3 is 6.03 Å². The van der Waals surface area contributed by atoms with Gasteiger partial charge in [0.1, 0.15) is 0 Å². The summed E-state index contributed by atoms with van der Waals surface area (Å²) < 4.78 is 0. The molecule has 8 nitrogen and oxygen atoms in total. The molecule has 2 heterocycles. The molecule has 0 saturated carbocycles. The number of hydrogen-bond donors (Lipinski definition) is 4. The monoisotopic (exact) mass is 379 g/mol. The molecule has 0 bridgehead atoms. The molecule has 8 heteroatoms. The maximum Gasteiger partial charge on any atom is 0.319 e. The molecule has 3 rings (SSSR count). The minimum Gasteiger partial charge on any atom is -0.348 e. The summed E-state index contributed by atoms with van der Waals surface area (Å²) in [5, 5.41) is 11.0. The number of allylic oxidation sites excluding steroid dienone is 1. The van der Waals surface area contributed by atoms with Gasteiger partial charge in [0.05, 0.1) is 11.6 Å². The van der Waals surface area contributed by atoms with Gasteiger partial charge in [-0.3, -0.25) is 14.6 Å². The molecule has 0 fully saturated rings. The van der Waals surface area contributed by atoms with Crippen LogP contribution in [0.4, 0.5) is 10.5 Å². The van der Waals surface area contributed by atoms with Gasteiger partial charge in [0.2, 0.25) is 5.91 Å². The second-order valence-corrected chi connectivity index (χ2v) is 6.42. The van der Waals surface area contributed by atoms with Gasteiger partial charge in [-0.05, 0) is 36.2 Å². The van der Waals surface area contributed by atoms with Crippen LogP contribution in [0, 0.1) is 0 Å². The van der Waals surface area contributed by atoms with Crippen molar-refractivity contribution in [2.45, 2.75) is 26.4 Å². The first-order valence-electron chi connectivity index (χ1n) is 8.77. The summed E-state index contributed by atoms with van der Waals surface area (Å²) in [7, 11) is 0. The van der Waals surface area contributed by atoms with E-state index in [1.807, 2.05) is 6.07 Å². The first kappa shape index (κ1) is 19.1. The molecule has 0 saturated heterocycles. The van der Waals surface area contributed by atoms with Crippen LogP contribution in [0.3, 0.4) is 0 Å². The Bertz CT molecular complexity index is 923. The van der Waals surface area contributed by atoms with E-state index in [9.17, 15) is 14.4 Å². The fourth-order valence-corrected chi connectivity index (χ4v) is 2.99. The van der Waals surface area contributed by atoms with E-state index in [0.717, 1.165) is 11.1 Å². The quantitative estimate of drug-likeness (QED) is 0.636. The number of anilines is 1. The number of pyridine rings is 1. The lowest BCUT2D eigenvalue weighted by Crippen LogP contribution is -2.46. The normalized spacial score (nSPS) is 16.1. The number of amides is 4. The zero-order chi connectivity index (χ0) is 20.1. The molecule has 4 amide bonds. The number of hydrogen-bond acceptors (Lipinski definition) is 4. The number of carbonyl (C=O) groups excluding carboxylic acids is 3. The van der Waals surface area contributed by atoms with Crippen molar-refractivity contribution in [2.75, 3.05) is 5.32 Å². The molecular weight excluding hydrogens is 358 g/mol. The van der Waals surface area contributed by atoms with Crippen molar-refractivity contribution < 1.29 is 14.4 Å². The summed E-state index contributed by atoms with van der Waals surface area (Å²) in [6.07, 6.45) is 3.35. The third kappa shape index (κ3) is 4.53. The minimum atomic E-state index is -0.603. The summed E-state index contributed by atoms with van der Waals surface area (Å²) >= 11 is 0. The minimum absolute atomic E-state index is 0.172. The van der Waals surface area contributed by atoms with E-state index in [-0.39, 0.29) is 17.8 Å². The first-order valence-corrected chi connectivity index (χ1v) is 8.77. The van der Waals surface area contributed by atoms with Crippen LogP contribution in [0.15, 0.2) is 60.1 Å². The number of urea groups is 1. The highest BCUT2D eigenvalue weighted by molar-refractivity contribution is 5.98. The summed E-state index contributed by atoms with van der Waals surface area (Å²) in [5.74, 6) is -0.459. The van der Waals surface area contributed by atoms with Crippen molar-refractivity contribution in [3.63, 3.8) is 0 Å². The van der Waals surface area contributed by atoms with Crippen molar-refractivity contribution in [3.8, 4) is 0 Å². The molecule has 1 aliphatic heterocycles. The summed E-state index contributed by atoms with van der Waals surface area (Å²) in [5.41, 5.74) is 3.16. The molecule has 28 heavy (non-hydrogen) atoms. The molecule has 0 unspecified atom stereocenters. The Morgan fingerprint density at radius 3 is 2.57 bits per heavy atom. The molecule has 4 N–H and O–H groups in total. The van der Waals surface area contributed by atoms with Gasteiger partial charge in [-0.2, -0.15) is 0 Å². The van der Waals surface area contributed by atoms with Gasteiger partial charge in [0, 0.05) is 37.2 Å². The van der Waals surface area contributed by atoms with Crippen molar-refractivity contribution in [1.29, 1.82) is 0 Å². The molecule has 0 spiro atoms. The predicted octanol–water partition coefficient (Wildman–Crippen LogP) is 1.98. The first-order chi connectivity index (χ1) is 13.4. The SMILES string of the molecule is CC(=O)Nc1ccc([C@H]2NC(=O)NC(C)=C2C(=O)NCc2cccnc2)cc1. The average molecular weight is 379 g/mol. The Hall–Kier alpha value is -3.68. The Labute approximate surface area is 162 Å². The van der Waals surface area contributed by atoms with Crippen molar-refractivity contribution in [3.05, 3.63) is 71.2 Å². The zero-order valence-corrected chi connectivity index (χ0v) is 15.6. The van der Waals surface area contributed by atoms with E-state index in [4.69, 9.17) is 0 Å². The van der Waals surface area contributed by atoms with Crippen LogP contribution >= 0.6 is 0 Å². The fourth-order valence-electron chi connectivity index (χ4n) is 2.99. The number of nitrogens with zero attached hydrogens (tertiary/aromatic N) is 1. The van der Waals surface area contributed by atoms with Crippen molar-refractivity contribution in [2.24, 2.45) is 0 Å². The van der Waals surface area contributed by atoms with Gasteiger partial charge in [-0.1, -0.05) is 18.2 Å². The largest absolute Gasteiger partial charge is 0.348 e. The predicted molar refractivity (Wildman–Crippen MR) is 104 cm³/mol.